The van der Waals surface area contributed by atoms with Crippen molar-refractivity contribution in [2.75, 3.05) is 12.9 Å². The Balaban J connectivity index is 1.89. The van der Waals surface area contributed by atoms with Crippen LogP contribution in [0.15, 0.2) is 29.2 Å². The zero-order valence-electron chi connectivity index (χ0n) is 11.6. The number of hydrogen-bond donors (Lipinski definition) is 1. The van der Waals surface area contributed by atoms with Gasteiger partial charge in [-0.2, -0.15) is 0 Å². The number of thioether (sulfide) groups is 1. The first kappa shape index (κ1) is 14.9. The highest BCUT2D eigenvalue weighted by Gasteiger charge is 2.18. The fourth-order valence-corrected chi connectivity index (χ4v) is 3.21. The van der Waals surface area contributed by atoms with E-state index in [0.717, 1.165) is 17.7 Å². The molecule has 1 aromatic carbocycles. The molecule has 1 amide bonds. The third kappa shape index (κ3) is 4.00. The van der Waals surface area contributed by atoms with Crippen LogP contribution < -0.4 is 5.32 Å². The highest BCUT2D eigenvalue weighted by Crippen LogP contribution is 2.23. The monoisotopic (exact) mass is 293 g/mol. The quantitative estimate of drug-likeness (QED) is 0.670. The van der Waals surface area contributed by atoms with E-state index in [4.69, 9.17) is 4.74 Å². The summed E-state index contributed by atoms with van der Waals surface area (Å²) in [6, 6.07) is 7.51. The maximum atomic E-state index is 11.9. The van der Waals surface area contributed by atoms with E-state index in [1.807, 2.05) is 12.1 Å². The molecule has 0 radical (unpaired) electrons. The van der Waals surface area contributed by atoms with E-state index in [1.54, 1.807) is 12.1 Å². The fourth-order valence-electron chi connectivity index (χ4n) is 2.35. The first-order valence-electron chi connectivity index (χ1n) is 6.80. The number of benzene rings is 1. The molecule has 0 heterocycles. The van der Waals surface area contributed by atoms with Crippen LogP contribution in [0.3, 0.4) is 0 Å². The van der Waals surface area contributed by atoms with Crippen LogP contribution in [-0.2, 0) is 9.53 Å². The summed E-state index contributed by atoms with van der Waals surface area (Å²) in [6.45, 7) is 0. The highest BCUT2D eigenvalue weighted by molar-refractivity contribution is 8.00. The highest BCUT2D eigenvalue weighted by atomic mass is 32.2. The first-order chi connectivity index (χ1) is 9.70. The summed E-state index contributed by atoms with van der Waals surface area (Å²) in [6.07, 6.45) is 4.55. The number of carbonyl (C=O) groups excluding carboxylic acids is 2. The van der Waals surface area contributed by atoms with E-state index in [9.17, 15) is 9.59 Å². The predicted octanol–water partition coefficient (Wildman–Crippen LogP) is 2.62. The van der Waals surface area contributed by atoms with Gasteiger partial charge in [-0.15, -0.1) is 11.8 Å². The van der Waals surface area contributed by atoms with Crippen LogP contribution >= 0.6 is 11.8 Å². The minimum Gasteiger partial charge on any atom is -0.465 e. The second kappa shape index (κ2) is 7.33. The number of esters is 1. The number of hydrogen-bond acceptors (Lipinski definition) is 4. The Morgan fingerprint density at radius 3 is 2.70 bits per heavy atom. The number of amides is 1. The molecule has 1 aromatic rings. The van der Waals surface area contributed by atoms with E-state index in [2.05, 4.69) is 5.32 Å². The SMILES string of the molecule is COC(=O)c1ccccc1SCC(=O)NC1CCCC1. The minimum absolute atomic E-state index is 0.0292. The summed E-state index contributed by atoms with van der Waals surface area (Å²) in [7, 11) is 1.36. The molecule has 0 saturated heterocycles. The molecule has 108 valence electrons. The number of ether oxygens (including phenoxy) is 1. The zero-order valence-corrected chi connectivity index (χ0v) is 12.4. The Bertz CT molecular complexity index is 484. The lowest BCUT2D eigenvalue weighted by Gasteiger charge is -2.12. The summed E-state index contributed by atoms with van der Waals surface area (Å²) < 4.78 is 4.74. The van der Waals surface area contributed by atoms with Gasteiger partial charge in [0.2, 0.25) is 5.91 Å². The predicted molar refractivity (Wildman–Crippen MR) is 78.9 cm³/mol. The number of methoxy groups -OCH3 is 1. The van der Waals surface area contributed by atoms with Crippen LogP contribution in [0.4, 0.5) is 0 Å². The van der Waals surface area contributed by atoms with Crippen molar-refractivity contribution in [3.8, 4) is 0 Å². The Hall–Kier alpha value is -1.49. The van der Waals surface area contributed by atoms with Crippen LogP contribution in [0, 0.1) is 0 Å². The van der Waals surface area contributed by atoms with Crippen LogP contribution in [0.25, 0.3) is 0 Å². The summed E-state index contributed by atoms with van der Waals surface area (Å²) in [5.74, 6) is -0.0179. The molecule has 0 aromatic heterocycles. The number of carbonyl (C=O) groups is 2. The van der Waals surface area contributed by atoms with Crippen molar-refractivity contribution in [3.05, 3.63) is 29.8 Å². The zero-order chi connectivity index (χ0) is 14.4. The van der Waals surface area contributed by atoms with Crippen molar-refractivity contribution in [3.63, 3.8) is 0 Å². The van der Waals surface area contributed by atoms with Crippen molar-refractivity contribution in [1.82, 2.24) is 5.32 Å². The van der Waals surface area contributed by atoms with Crippen LogP contribution in [0.5, 0.6) is 0 Å². The average Bonchev–Trinajstić information content (AvgIpc) is 2.97. The molecule has 0 bridgehead atoms. The normalized spacial score (nSPS) is 15.1. The summed E-state index contributed by atoms with van der Waals surface area (Å²) in [4.78, 5) is 24.3. The van der Waals surface area contributed by atoms with Crippen LogP contribution in [0.1, 0.15) is 36.0 Å². The molecule has 20 heavy (non-hydrogen) atoms. The smallest absolute Gasteiger partial charge is 0.338 e. The maximum absolute atomic E-state index is 11.9. The lowest BCUT2D eigenvalue weighted by Crippen LogP contribution is -2.33. The van der Waals surface area contributed by atoms with Gasteiger partial charge in [-0.1, -0.05) is 25.0 Å². The standard InChI is InChI=1S/C15H19NO3S/c1-19-15(18)12-8-4-5-9-13(12)20-10-14(17)16-11-6-2-3-7-11/h4-5,8-9,11H,2-3,6-7,10H2,1H3,(H,16,17). The first-order valence-corrected chi connectivity index (χ1v) is 7.79. The molecule has 1 N–H and O–H groups in total. The molecule has 1 aliphatic carbocycles. The summed E-state index contributed by atoms with van der Waals surface area (Å²) in [5.41, 5.74) is 0.508. The van der Waals surface area contributed by atoms with Crippen molar-refractivity contribution in [1.29, 1.82) is 0 Å². The molecular weight excluding hydrogens is 274 g/mol. The van der Waals surface area contributed by atoms with Gasteiger partial charge in [0.15, 0.2) is 0 Å². The Morgan fingerprint density at radius 2 is 2.00 bits per heavy atom. The Kier molecular flexibility index (Phi) is 5.47. The van der Waals surface area contributed by atoms with E-state index in [1.165, 1.54) is 31.7 Å². The molecule has 0 aliphatic heterocycles. The molecule has 1 saturated carbocycles. The van der Waals surface area contributed by atoms with Gasteiger partial charge >= 0.3 is 5.97 Å². The van der Waals surface area contributed by atoms with Crippen molar-refractivity contribution < 1.29 is 14.3 Å². The third-order valence-corrected chi connectivity index (χ3v) is 4.44. The van der Waals surface area contributed by atoms with Gasteiger partial charge in [-0.3, -0.25) is 4.79 Å². The van der Waals surface area contributed by atoms with Crippen molar-refractivity contribution in [2.24, 2.45) is 0 Å². The molecular formula is C15H19NO3S. The number of rotatable bonds is 5. The van der Waals surface area contributed by atoms with Gasteiger partial charge in [0.05, 0.1) is 18.4 Å². The topological polar surface area (TPSA) is 55.4 Å². The molecule has 2 rings (SSSR count). The van der Waals surface area contributed by atoms with E-state index in [0.29, 0.717) is 17.4 Å². The van der Waals surface area contributed by atoms with Crippen LogP contribution in [-0.4, -0.2) is 30.8 Å². The molecule has 5 heteroatoms. The van der Waals surface area contributed by atoms with Crippen LogP contribution in [0.2, 0.25) is 0 Å². The van der Waals surface area contributed by atoms with Crippen molar-refractivity contribution in [2.45, 2.75) is 36.6 Å². The second-order valence-corrected chi connectivity index (χ2v) is 5.84. The summed E-state index contributed by atoms with van der Waals surface area (Å²) >= 11 is 1.37. The number of nitrogens with one attached hydrogen (secondary N) is 1. The van der Waals surface area contributed by atoms with E-state index in [-0.39, 0.29) is 11.9 Å². The largest absolute Gasteiger partial charge is 0.465 e. The van der Waals surface area contributed by atoms with Gasteiger partial charge in [-0.25, -0.2) is 4.79 Å². The van der Waals surface area contributed by atoms with E-state index >= 15 is 0 Å². The molecule has 1 aliphatic rings. The van der Waals surface area contributed by atoms with Gasteiger partial charge in [0.25, 0.3) is 0 Å². The van der Waals surface area contributed by atoms with E-state index < -0.39 is 0 Å². The Labute approximate surface area is 123 Å². The average molecular weight is 293 g/mol. The van der Waals surface area contributed by atoms with Crippen molar-refractivity contribution >= 4 is 23.6 Å². The van der Waals surface area contributed by atoms with Gasteiger partial charge in [0, 0.05) is 10.9 Å². The molecule has 1 fully saturated rings. The third-order valence-electron chi connectivity index (χ3n) is 3.37. The summed E-state index contributed by atoms with van der Waals surface area (Å²) in [5, 5.41) is 3.04. The minimum atomic E-state index is -0.371. The Morgan fingerprint density at radius 1 is 1.30 bits per heavy atom. The van der Waals surface area contributed by atoms with Gasteiger partial charge in [0.1, 0.15) is 0 Å². The lowest BCUT2D eigenvalue weighted by molar-refractivity contribution is -0.119. The molecule has 0 unspecified atom stereocenters. The second-order valence-electron chi connectivity index (χ2n) is 4.83. The van der Waals surface area contributed by atoms with Gasteiger partial charge in [-0.05, 0) is 25.0 Å². The molecule has 0 spiro atoms. The maximum Gasteiger partial charge on any atom is 0.338 e. The van der Waals surface area contributed by atoms with Gasteiger partial charge < -0.3 is 10.1 Å². The molecule has 0 atom stereocenters. The fraction of sp³-hybridized carbons (Fsp3) is 0.467. The molecule has 4 nitrogen and oxygen atoms in total. The lowest BCUT2D eigenvalue weighted by atomic mass is 10.2.